The normalized spacial score (nSPS) is 8.81. The molecule has 0 atom stereocenters. The smallest absolute Gasteiger partial charge is 0.186 e. The highest BCUT2D eigenvalue weighted by atomic mass is 35.5. The Kier molecular flexibility index (Phi) is 4.92. The first kappa shape index (κ1) is 12.6. The Balaban J connectivity index is 2.80. The van der Waals surface area contributed by atoms with Crippen molar-refractivity contribution in [3.63, 3.8) is 0 Å². The van der Waals surface area contributed by atoms with Crippen molar-refractivity contribution in [2.75, 3.05) is 5.75 Å². The molecule has 0 saturated carbocycles. The summed E-state index contributed by atoms with van der Waals surface area (Å²) in [7, 11) is 0. The second kappa shape index (κ2) is 6.23. The van der Waals surface area contributed by atoms with Crippen LogP contribution in [0.5, 0.6) is 0 Å². The largest absolute Gasteiger partial charge is 0.288 e. The maximum Gasteiger partial charge on any atom is 0.186 e. The van der Waals surface area contributed by atoms with Crippen LogP contribution in [0.15, 0.2) is 18.2 Å². The van der Waals surface area contributed by atoms with E-state index in [0.29, 0.717) is 21.9 Å². The van der Waals surface area contributed by atoms with Crippen LogP contribution >= 0.6 is 23.4 Å². The lowest BCUT2D eigenvalue weighted by atomic mass is 10.1. The van der Waals surface area contributed by atoms with Crippen molar-refractivity contribution in [1.29, 1.82) is 5.26 Å². The number of thioether (sulfide) groups is 1. The van der Waals surface area contributed by atoms with Crippen molar-refractivity contribution < 1.29 is 4.79 Å². The molecule has 1 rings (SSSR count). The van der Waals surface area contributed by atoms with Gasteiger partial charge in [-0.05, 0) is 18.2 Å². The van der Waals surface area contributed by atoms with Crippen LogP contribution in [0.4, 0.5) is 0 Å². The van der Waals surface area contributed by atoms with E-state index < -0.39 is 0 Å². The van der Waals surface area contributed by atoms with Crippen LogP contribution in [0.25, 0.3) is 0 Å². The predicted octanol–water partition coefficient (Wildman–Crippen LogP) is 2.84. The fraction of sp³-hybridized carbons (Fsp3) is 0.167. The number of carbonyl (C=O) groups is 1. The second-order valence-corrected chi connectivity index (χ2v) is 4.45. The van der Waals surface area contributed by atoms with Crippen molar-refractivity contribution in [1.82, 2.24) is 0 Å². The summed E-state index contributed by atoms with van der Waals surface area (Å²) in [6.45, 7) is 1.50. The molecule has 0 spiro atoms. The number of rotatable bonds is 1. The molecule has 0 saturated heterocycles. The number of nitriles is 1. The van der Waals surface area contributed by atoms with E-state index in [1.807, 2.05) is 6.07 Å². The summed E-state index contributed by atoms with van der Waals surface area (Å²) in [5.74, 6) is 6.09. The molecule has 4 heteroatoms. The van der Waals surface area contributed by atoms with Crippen molar-refractivity contribution in [2.45, 2.75) is 6.92 Å². The lowest BCUT2D eigenvalue weighted by Crippen LogP contribution is -1.84. The SMILES string of the molecule is CC(=O)SCC#Cc1cc(C#N)ccc1Cl. The average molecular weight is 250 g/mol. The van der Waals surface area contributed by atoms with E-state index in [1.54, 1.807) is 18.2 Å². The van der Waals surface area contributed by atoms with Crippen LogP contribution in [-0.4, -0.2) is 10.9 Å². The molecule has 80 valence electrons. The molecule has 0 aliphatic heterocycles. The van der Waals surface area contributed by atoms with Gasteiger partial charge in [0.25, 0.3) is 0 Å². The first-order valence-electron chi connectivity index (χ1n) is 4.45. The Bertz CT molecular complexity index is 508. The molecule has 0 N–H and O–H groups in total. The Morgan fingerprint density at radius 3 is 2.94 bits per heavy atom. The van der Waals surface area contributed by atoms with E-state index in [1.165, 1.54) is 6.92 Å². The van der Waals surface area contributed by atoms with Gasteiger partial charge in [0.15, 0.2) is 5.12 Å². The quantitative estimate of drug-likeness (QED) is 0.719. The molecule has 0 bridgehead atoms. The van der Waals surface area contributed by atoms with Crippen LogP contribution in [0, 0.1) is 23.2 Å². The molecular formula is C12H8ClNOS. The van der Waals surface area contributed by atoms with E-state index in [0.717, 1.165) is 11.8 Å². The van der Waals surface area contributed by atoms with Crippen LogP contribution < -0.4 is 0 Å². The maximum atomic E-state index is 10.6. The molecule has 0 amide bonds. The Hall–Kier alpha value is -1.42. The van der Waals surface area contributed by atoms with E-state index in [2.05, 4.69) is 11.8 Å². The third kappa shape index (κ3) is 3.98. The lowest BCUT2D eigenvalue weighted by Gasteiger charge is -1.95. The van der Waals surface area contributed by atoms with Gasteiger partial charge in [0.1, 0.15) is 0 Å². The summed E-state index contributed by atoms with van der Waals surface area (Å²) in [5.41, 5.74) is 1.14. The molecule has 2 nitrogen and oxygen atoms in total. The topological polar surface area (TPSA) is 40.9 Å². The number of hydrogen-bond acceptors (Lipinski definition) is 3. The highest BCUT2D eigenvalue weighted by Gasteiger charge is 1.98. The number of hydrogen-bond donors (Lipinski definition) is 0. The Morgan fingerprint density at radius 1 is 1.56 bits per heavy atom. The lowest BCUT2D eigenvalue weighted by molar-refractivity contribution is -0.109. The molecule has 0 aliphatic carbocycles. The maximum absolute atomic E-state index is 10.6. The standard InChI is InChI=1S/C12H8ClNOS/c1-9(15)16-6-2-3-11-7-10(8-14)4-5-12(11)13/h4-5,7H,6H2,1H3. The van der Waals surface area contributed by atoms with Crippen LogP contribution in [0.1, 0.15) is 18.1 Å². The third-order valence-corrected chi connectivity index (χ3v) is 2.69. The van der Waals surface area contributed by atoms with Gasteiger partial charge in [-0.1, -0.05) is 35.2 Å². The van der Waals surface area contributed by atoms with Crippen molar-refractivity contribution in [3.05, 3.63) is 34.3 Å². The molecule has 0 heterocycles. The average Bonchev–Trinajstić information content (AvgIpc) is 2.26. The minimum Gasteiger partial charge on any atom is -0.288 e. The van der Waals surface area contributed by atoms with Gasteiger partial charge < -0.3 is 0 Å². The van der Waals surface area contributed by atoms with Crippen LogP contribution in [0.2, 0.25) is 5.02 Å². The Morgan fingerprint density at radius 2 is 2.31 bits per heavy atom. The van der Waals surface area contributed by atoms with E-state index >= 15 is 0 Å². The molecule has 16 heavy (non-hydrogen) atoms. The number of carbonyl (C=O) groups excluding carboxylic acids is 1. The van der Waals surface area contributed by atoms with Gasteiger partial charge in [0.05, 0.1) is 22.4 Å². The second-order valence-electron chi connectivity index (χ2n) is 2.89. The van der Waals surface area contributed by atoms with Crippen LogP contribution in [-0.2, 0) is 4.79 Å². The first-order chi connectivity index (χ1) is 7.63. The zero-order valence-corrected chi connectivity index (χ0v) is 10.2. The van der Waals surface area contributed by atoms with Gasteiger partial charge >= 0.3 is 0 Å². The van der Waals surface area contributed by atoms with E-state index in [4.69, 9.17) is 16.9 Å². The molecule has 1 aromatic rings. The van der Waals surface area contributed by atoms with Crippen molar-refractivity contribution >= 4 is 28.5 Å². The summed E-state index contributed by atoms with van der Waals surface area (Å²) >= 11 is 7.05. The van der Waals surface area contributed by atoms with Gasteiger partial charge in [-0.3, -0.25) is 4.79 Å². The minimum absolute atomic E-state index is 0.0335. The number of halogens is 1. The van der Waals surface area contributed by atoms with E-state index in [-0.39, 0.29) is 5.12 Å². The molecule has 0 aliphatic rings. The summed E-state index contributed by atoms with van der Waals surface area (Å²) in [6, 6.07) is 6.93. The van der Waals surface area contributed by atoms with Gasteiger partial charge in [0.2, 0.25) is 0 Å². The van der Waals surface area contributed by atoms with Crippen LogP contribution in [0.3, 0.4) is 0 Å². The summed E-state index contributed by atoms with van der Waals surface area (Å²) in [6.07, 6.45) is 0. The third-order valence-electron chi connectivity index (χ3n) is 1.67. The van der Waals surface area contributed by atoms with Gasteiger partial charge in [-0.25, -0.2) is 0 Å². The highest BCUT2D eigenvalue weighted by Crippen LogP contribution is 2.16. The van der Waals surface area contributed by atoms with Crippen molar-refractivity contribution in [2.24, 2.45) is 0 Å². The Labute approximate surface area is 104 Å². The predicted molar refractivity (Wildman–Crippen MR) is 66.2 cm³/mol. The number of benzene rings is 1. The highest BCUT2D eigenvalue weighted by molar-refractivity contribution is 8.13. The first-order valence-corrected chi connectivity index (χ1v) is 5.81. The summed E-state index contributed by atoms with van der Waals surface area (Å²) < 4.78 is 0. The molecule has 1 aromatic carbocycles. The molecule has 0 radical (unpaired) electrons. The van der Waals surface area contributed by atoms with Crippen molar-refractivity contribution in [3.8, 4) is 17.9 Å². The fourth-order valence-corrected chi connectivity index (χ4v) is 1.47. The summed E-state index contributed by atoms with van der Waals surface area (Å²) in [5, 5.41) is 9.25. The zero-order chi connectivity index (χ0) is 12.0. The summed E-state index contributed by atoms with van der Waals surface area (Å²) in [4.78, 5) is 10.6. The van der Waals surface area contributed by atoms with Gasteiger partial charge in [-0.15, -0.1) is 0 Å². The van der Waals surface area contributed by atoms with E-state index in [9.17, 15) is 4.79 Å². The minimum atomic E-state index is 0.0335. The fourth-order valence-electron chi connectivity index (χ4n) is 0.960. The van der Waals surface area contributed by atoms with Gasteiger partial charge in [0, 0.05) is 12.5 Å². The zero-order valence-electron chi connectivity index (χ0n) is 8.58. The molecule has 0 aromatic heterocycles. The molecular weight excluding hydrogens is 242 g/mol. The number of nitrogens with zero attached hydrogens (tertiary/aromatic N) is 1. The molecule has 0 unspecified atom stereocenters. The van der Waals surface area contributed by atoms with Gasteiger partial charge in [-0.2, -0.15) is 5.26 Å². The monoisotopic (exact) mass is 249 g/mol. The molecule has 0 fully saturated rings.